The van der Waals surface area contributed by atoms with E-state index < -0.39 is 17.8 Å². The molecule has 2 rings (SSSR count). The van der Waals surface area contributed by atoms with E-state index in [0.717, 1.165) is 17.7 Å². The van der Waals surface area contributed by atoms with Gasteiger partial charge < -0.3 is 5.11 Å². The van der Waals surface area contributed by atoms with Crippen molar-refractivity contribution in [3.05, 3.63) is 57.3 Å². The lowest BCUT2D eigenvalue weighted by Gasteiger charge is -2.13. The highest BCUT2D eigenvalue weighted by molar-refractivity contribution is 7.08. The van der Waals surface area contributed by atoms with E-state index in [1.165, 1.54) is 23.5 Å². The molecule has 0 fully saturated rings. The Kier molecular flexibility index (Phi) is 3.45. The summed E-state index contributed by atoms with van der Waals surface area (Å²) in [6.07, 6.45) is -5.40. The van der Waals surface area contributed by atoms with Crippen LogP contribution in [0, 0.1) is 6.92 Å². The largest absolute Gasteiger partial charge is 0.416 e. The van der Waals surface area contributed by atoms with Crippen LogP contribution < -0.4 is 0 Å². The fourth-order valence-corrected chi connectivity index (χ4v) is 2.58. The van der Waals surface area contributed by atoms with Gasteiger partial charge in [0.2, 0.25) is 0 Å². The van der Waals surface area contributed by atoms with Gasteiger partial charge in [-0.1, -0.05) is 12.1 Å². The van der Waals surface area contributed by atoms with Gasteiger partial charge in [-0.3, -0.25) is 0 Å². The van der Waals surface area contributed by atoms with Gasteiger partial charge in [0, 0.05) is 0 Å². The fraction of sp³-hybridized carbons (Fsp3) is 0.231. The summed E-state index contributed by atoms with van der Waals surface area (Å²) in [5.41, 5.74) is 1.04. The maximum atomic E-state index is 12.6. The predicted octanol–water partition coefficient (Wildman–Crippen LogP) is 4.16. The Hall–Kier alpha value is -1.33. The quantitative estimate of drug-likeness (QED) is 0.870. The molecule has 1 atom stereocenters. The number of alkyl halides is 3. The Bertz CT molecular complexity index is 545. The molecule has 0 saturated heterocycles. The van der Waals surface area contributed by atoms with Gasteiger partial charge in [-0.15, -0.1) is 0 Å². The molecule has 1 heterocycles. The number of benzene rings is 1. The number of thiophene rings is 1. The Morgan fingerprint density at radius 1 is 1.22 bits per heavy atom. The topological polar surface area (TPSA) is 20.2 Å². The average Bonchev–Trinajstić information content (AvgIpc) is 2.73. The first-order chi connectivity index (χ1) is 8.39. The highest BCUT2D eigenvalue weighted by Gasteiger charge is 2.31. The Labute approximate surface area is 107 Å². The average molecular weight is 272 g/mol. The second-order valence-electron chi connectivity index (χ2n) is 4.04. The molecule has 2 aromatic rings. The van der Waals surface area contributed by atoms with Gasteiger partial charge in [0.05, 0.1) is 5.56 Å². The molecule has 96 valence electrons. The van der Waals surface area contributed by atoms with E-state index in [9.17, 15) is 18.3 Å². The van der Waals surface area contributed by atoms with Crippen molar-refractivity contribution in [3.63, 3.8) is 0 Å². The summed E-state index contributed by atoms with van der Waals surface area (Å²) >= 11 is 1.42. The molecule has 0 radical (unpaired) electrons. The fourth-order valence-electron chi connectivity index (χ4n) is 1.72. The summed E-state index contributed by atoms with van der Waals surface area (Å²) in [7, 11) is 0. The molecule has 1 unspecified atom stereocenters. The second-order valence-corrected chi connectivity index (χ2v) is 4.78. The van der Waals surface area contributed by atoms with E-state index in [-0.39, 0.29) is 5.56 Å². The molecule has 5 heteroatoms. The van der Waals surface area contributed by atoms with Gasteiger partial charge >= 0.3 is 6.18 Å². The van der Waals surface area contributed by atoms with Crippen molar-refractivity contribution in [2.24, 2.45) is 0 Å². The highest BCUT2D eigenvalue weighted by atomic mass is 32.1. The lowest BCUT2D eigenvalue weighted by molar-refractivity contribution is -0.137. The molecule has 0 aliphatic heterocycles. The van der Waals surface area contributed by atoms with E-state index in [2.05, 4.69) is 0 Å². The van der Waals surface area contributed by atoms with Crippen molar-refractivity contribution in [1.29, 1.82) is 0 Å². The molecular formula is C13H11F3OS. The summed E-state index contributed by atoms with van der Waals surface area (Å²) in [6.45, 7) is 1.82. The molecule has 0 saturated carbocycles. The second kappa shape index (κ2) is 4.74. The van der Waals surface area contributed by atoms with Crippen molar-refractivity contribution in [3.8, 4) is 0 Å². The Morgan fingerprint density at radius 2 is 1.94 bits per heavy atom. The summed E-state index contributed by atoms with van der Waals surface area (Å²) in [6, 6.07) is 4.79. The van der Waals surface area contributed by atoms with Crippen LogP contribution in [-0.4, -0.2) is 5.11 Å². The minimum atomic E-state index is -4.39. The minimum Gasteiger partial charge on any atom is -0.384 e. The normalized spacial score (nSPS) is 13.6. The molecule has 18 heavy (non-hydrogen) atoms. The maximum Gasteiger partial charge on any atom is 0.416 e. The Balaban J connectivity index is 2.38. The smallest absolute Gasteiger partial charge is 0.384 e. The first-order valence-electron chi connectivity index (χ1n) is 5.27. The first-order valence-corrected chi connectivity index (χ1v) is 6.22. The van der Waals surface area contributed by atoms with Gasteiger partial charge in [0.25, 0.3) is 0 Å². The van der Waals surface area contributed by atoms with Crippen molar-refractivity contribution < 1.29 is 18.3 Å². The lowest BCUT2D eigenvalue weighted by Crippen LogP contribution is -2.07. The molecule has 1 nitrogen and oxygen atoms in total. The maximum absolute atomic E-state index is 12.6. The molecule has 0 aliphatic carbocycles. The van der Waals surface area contributed by atoms with E-state index in [0.29, 0.717) is 5.56 Å². The highest BCUT2D eigenvalue weighted by Crippen LogP contribution is 2.33. The van der Waals surface area contributed by atoms with Gasteiger partial charge in [-0.2, -0.15) is 24.5 Å². The van der Waals surface area contributed by atoms with E-state index in [1.54, 1.807) is 5.38 Å². The van der Waals surface area contributed by atoms with Crippen LogP contribution in [0.25, 0.3) is 0 Å². The molecule has 0 aliphatic rings. The van der Waals surface area contributed by atoms with Crippen molar-refractivity contribution in [2.45, 2.75) is 19.2 Å². The molecule has 1 N–H and O–H groups in total. The molecule has 1 aromatic carbocycles. The number of aliphatic hydroxyl groups is 1. The van der Waals surface area contributed by atoms with Crippen LogP contribution in [0.5, 0.6) is 0 Å². The van der Waals surface area contributed by atoms with Crippen LogP contribution in [0.4, 0.5) is 13.2 Å². The standard InChI is InChI=1S/C13H11F3OS/c1-8-6-18-7-11(8)12(17)9-3-2-4-10(5-9)13(14,15)16/h2-7,12,17H,1H3. The summed E-state index contributed by atoms with van der Waals surface area (Å²) < 4.78 is 37.7. The Morgan fingerprint density at radius 3 is 2.50 bits per heavy atom. The van der Waals surface area contributed by atoms with Gasteiger partial charge in [-0.25, -0.2) is 0 Å². The van der Waals surface area contributed by atoms with Crippen LogP contribution in [-0.2, 0) is 6.18 Å². The zero-order chi connectivity index (χ0) is 13.3. The number of aliphatic hydroxyl groups excluding tert-OH is 1. The SMILES string of the molecule is Cc1cscc1C(O)c1cccc(C(F)(F)F)c1. The molecule has 1 aromatic heterocycles. The van der Waals surface area contributed by atoms with Crippen LogP contribution in [0.15, 0.2) is 35.0 Å². The van der Waals surface area contributed by atoms with Gasteiger partial charge in [-0.05, 0) is 46.5 Å². The van der Waals surface area contributed by atoms with Gasteiger partial charge in [0.1, 0.15) is 6.10 Å². The number of hydrogen-bond acceptors (Lipinski definition) is 2. The summed E-state index contributed by atoms with van der Waals surface area (Å²) in [5, 5.41) is 13.7. The number of rotatable bonds is 2. The van der Waals surface area contributed by atoms with Crippen LogP contribution in [0.2, 0.25) is 0 Å². The molecular weight excluding hydrogens is 261 g/mol. The minimum absolute atomic E-state index is 0.256. The first kappa shape index (κ1) is 13.1. The van der Waals surface area contributed by atoms with Crippen LogP contribution in [0.3, 0.4) is 0 Å². The summed E-state index contributed by atoms with van der Waals surface area (Å²) in [5.74, 6) is 0. The molecule has 0 amide bonds. The third-order valence-corrected chi connectivity index (χ3v) is 3.60. The predicted molar refractivity (Wildman–Crippen MR) is 64.6 cm³/mol. The summed E-state index contributed by atoms with van der Waals surface area (Å²) in [4.78, 5) is 0. The zero-order valence-electron chi connectivity index (χ0n) is 9.53. The van der Waals surface area contributed by atoms with Crippen molar-refractivity contribution in [1.82, 2.24) is 0 Å². The van der Waals surface area contributed by atoms with E-state index in [1.807, 2.05) is 12.3 Å². The number of halogens is 3. The zero-order valence-corrected chi connectivity index (χ0v) is 10.3. The van der Waals surface area contributed by atoms with Crippen molar-refractivity contribution in [2.75, 3.05) is 0 Å². The third kappa shape index (κ3) is 2.57. The molecule has 0 bridgehead atoms. The number of hydrogen-bond donors (Lipinski definition) is 1. The molecule has 0 spiro atoms. The van der Waals surface area contributed by atoms with E-state index >= 15 is 0 Å². The lowest BCUT2D eigenvalue weighted by atomic mass is 9.99. The van der Waals surface area contributed by atoms with Crippen molar-refractivity contribution >= 4 is 11.3 Å². The van der Waals surface area contributed by atoms with E-state index in [4.69, 9.17) is 0 Å². The monoisotopic (exact) mass is 272 g/mol. The van der Waals surface area contributed by atoms with Gasteiger partial charge in [0.15, 0.2) is 0 Å². The van der Waals surface area contributed by atoms with Crippen LogP contribution >= 0.6 is 11.3 Å². The third-order valence-electron chi connectivity index (χ3n) is 2.72. The van der Waals surface area contributed by atoms with Crippen LogP contribution in [0.1, 0.15) is 28.4 Å². The number of aryl methyl sites for hydroxylation is 1.